The van der Waals surface area contributed by atoms with E-state index >= 15 is 0 Å². The van der Waals surface area contributed by atoms with Gasteiger partial charge in [0.05, 0.1) is 0 Å². The second kappa shape index (κ2) is 10.9. The molecule has 27 heavy (non-hydrogen) atoms. The van der Waals surface area contributed by atoms with Crippen LogP contribution in [0.1, 0.15) is 51.3 Å². The Kier molecular flexibility index (Phi) is 8.88. The molecule has 0 aliphatic heterocycles. The highest BCUT2D eigenvalue weighted by atomic mass is 32.2. The zero-order valence-corrected chi connectivity index (χ0v) is 18.5. The maximum Gasteiger partial charge on any atom is 0.0231 e. The van der Waals surface area contributed by atoms with Gasteiger partial charge in [0, 0.05) is 30.3 Å². The molecule has 0 heterocycles. The van der Waals surface area contributed by atoms with Crippen LogP contribution in [0.25, 0.3) is 0 Å². The molecule has 0 unspecified atom stereocenters. The lowest BCUT2D eigenvalue weighted by Crippen LogP contribution is -2.31. The van der Waals surface area contributed by atoms with E-state index in [0.717, 1.165) is 38.5 Å². The van der Waals surface area contributed by atoms with Gasteiger partial charge in [-0.05, 0) is 47.3 Å². The van der Waals surface area contributed by atoms with Gasteiger partial charge < -0.3 is 10.2 Å². The normalized spacial score (nSPS) is 11.9. The number of nitrogens with one attached hydrogen (secondary N) is 1. The topological polar surface area (TPSA) is 15.3 Å². The smallest absolute Gasteiger partial charge is 0.0231 e. The van der Waals surface area contributed by atoms with E-state index in [2.05, 4.69) is 93.4 Å². The van der Waals surface area contributed by atoms with Crippen molar-refractivity contribution in [3.05, 3.63) is 65.2 Å². The molecule has 2 nitrogen and oxygen atoms in total. The van der Waals surface area contributed by atoms with Crippen LogP contribution in [-0.2, 0) is 17.7 Å². The van der Waals surface area contributed by atoms with E-state index in [4.69, 9.17) is 0 Å². The summed E-state index contributed by atoms with van der Waals surface area (Å²) < 4.78 is 0. The molecule has 0 radical (unpaired) electrons. The minimum atomic E-state index is 0.223. The Morgan fingerprint density at radius 3 is 2.00 bits per heavy atom. The van der Waals surface area contributed by atoms with Crippen LogP contribution in [0.4, 0.5) is 0 Å². The van der Waals surface area contributed by atoms with Gasteiger partial charge in [0.2, 0.25) is 0 Å². The molecule has 0 saturated carbocycles. The third kappa shape index (κ3) is 7.69. The molecule has 1 N–H and O–H groups in total. The number of benzene rings is 2. The maximum atomic E-state index is 3.55. The summed E-state index contributed by atoms with van der Waals surface area (Å²) in [6.45, 7) is 16.6. The van der Waals surface area contributed by atoms with Crippen LogP contribution in [-0.4, -0.2) is 31.1 Å². The standard InChI is InChI=1S/C24H36N2S/c1-6-26(7-2)17-16-25-18-20-10-14-23(15-11-20)27-19-21-8-12-22(13-9-21)24(3,4)5/h8-15,25H,6-7,16-19H2,1-5H3. The van der Waals surface area contributed by atoms with Crippen LogP contribution >= 0.6 is 11.8 Å². The number of hydrogen-bond donors (Lipinski definition) is 1. The molecule has 0 aliphatic carbocycles. The van der Waals surface area contributed by atoms with E-state index in [1.807, 2.05) is 11.8 Å². The maximum absolute atomic E-state index is 3.55. The predicted molar refractivity (Wildman–Crippen MR) is 121 cm³/mol. The fraction of sp³-hybridized carbons (Fsp3) is 0.500. The molecular formula is C24H36N2S. The monoisotopic (exact) mass is 384 g/mol. The Bertz CT molecular complexity index is 652. The lowest BCUT2D eigenvalue weighted by molar-refractivity contribution is 0.302. The molecule has 0 aromatic heterocycles. The molecule has 2 aromatic carbocycles. The zero-order valence-electron chi connectivity index (χ0n) is 17.7. The van der Waals surface area contributed by atoms with Gasteiger partial charge in [-0.1, -0.05) is 71.0 Å². The van der Waals surface area contributed by atoms with E-state index in [1.54, 1.807) is 0 Å². The molecule has 0 atom stereocenters. The molecule has 2 aromatic rings. The van der Waals surface area contributed by atoms with Crippen molar-refractivity contribution < 1.29 is 0 Å². The van der Waals surface area contributed by atoms with Crippen molar-refractivity contribution in [2.45, 2.75) is 57.2 Å². The summed E-state index contributed by atoms with van der Waals surface area (Å²) in [5.74, 6) is 1.02. The lowest BCUT2D eigenvalue weighted by Gasteiger charge is -2.19. The average Bonchev–Trinajstić information content (AvgIpc) is 2.67. The van der Waals surface area contributed by atoms with Crippen molar-refractivity contribution in [2.75, 3.05) is 26.2 Å². The van der Waals surface area contributed by atoms with Crippen molar-refractivity contribution in [1.82, 2.24) is 10.2 Å². The van der Waals surface area contributed by atoms with E-state index in [-0.39, 0.29) is 5.41 Å². The fourth-order valence-electron chi connectivity index (χ4n) is 2.98. The fourth-order valence-corrected chi connectivity index (χ4v) is 3.84. The van der Waals surface area contributed by atoms with Crippen LogP contribution in [0.5, 0.6) is 0 Å². The summed E-state index contributed by atoms with van der Waals surface area (Å²) >= 11 is 1.91. The van der Waals surface area contributed by atoms with Gasteiger partial charge in [-0.3, -0.25) is 0 Å². The molecule has 3 heteroatoms. The molecule has 0 amide bonds. The quantitative estimate of drug-likeness (QED) is 0.417. The second-order valence-corrected chi connectivity index (χ2v) is 9.13. The Morgan fingerprint density at radius 1 is 0.852 bits per heavy atom. The van der Waals surface area contributed by atoms with Crippen LogP contribution < -0.4 is 5.32 Å². The summed E-state index contributed by atoms with van der Waals surface area (Å²) in [5, 5.41) is 3.55. The first-order valence-electron chi connectivity index (χ1n) is 10.2. The first kappa shape index (κ1) is 22.0. The van der Waals surface area contributed by atoms with Crippen molar-refractivity contribution >= 4 is 11.8 Å². The largest absolute Gasteiger partial charge is 0.311 e. The molecule has 0 saturated heterocycles. The number of rotatable bonds is 10. The van der Waals surface area contributed by atoms with Gasteiger partial charge in [0.1, 0.15) is 0 Å². The predicted octanol–water partition coefficient (Wildman–Crippen LogP) is 5.71. The van der Waals surface area contributed by atoms with Gasteiger partial charge in [-0.2, -0.15) is 0 Å². The number of thioether (sulfide) groups is 1. The second-order valence-electron chi connectivity index (χ2n) is 8.08. The van der Waals surface area contributed by atoms with Gasteiger partial charge >= 0.3 is 0 Å². The summed E-state index contributed by atoms with van der Waals surface area (Å²) in [6, 6.07) is 18.0. The van der Waals surface area contributed by atoms with Crippen LogP contribution in [0.15, 0.2) is 53.4 Å². The van der Waals surface area contributed by atoms with Crippen LogP contribution in [0.3, 0.4) is 0 Å². The van der Waals surface area contributed by atoms with E-state index < -0.39 is 0 Å². The summed E-state index contributed by atoms with van der Waals surface area (Å²) in [4.78, 5) is 3.78. The van der Waals surface area contributed by atoms with Gasteiger partial charge in [-0.15, -0.1) is 11.8 Å². The Labute approximate surface area is 170 Å². The highest BCUT2D eigenvalue weighted by Crippen LogP contribution is 2.26. The lowest BCUT2D eigenvalue weighted by atomic mass is 9.87. The molecular weight excluding hydrogens is 348 g/mol. The molecule has 0 spiro atoms. The Hall–Kier alpha value is -1.29. The minimum absolute atomic E-state index is 0.223. The summed E-state index contributed by atoms with van der Waals surface area (Å²) in [7, 11) is 0. The van der Waals surface area contributed by atoms with E-state index in [0.29, 0.717) is 0 Å². The third-order valence-corrected chi connectivity index (χ3v) is 6.06. The van der Waals surface area contributed by atoms with Crippen molar-refractivity contribution in [1.29, 1.82) is 0 Å². The van der Waals surface area contributed by atoms with Crippen LogP contribution in [0.2, 0.25) is 0 Å². The van der Waals surface area contributed by atoms with Crippen LogP contribution in [0, 0.1) is 0 Å². The first-order chi connectivity index (χ1) is 12.9. The highest BCUT2D eigenvalue weighted by Gasteiger charge is 2.12. The number of hydrogen-bond acceptors (Lipinski definition) is 3. The molecule has 0 aliphatic rings. The minimum Gasteiger partial charge on any atom is -0.311 e. The SMILES string of the molecule is CCN(CC)CCNCc1ccc(SCc2ccc(C(C)(C)C)cc2)cc1. The molecule has 148 valence electrons. The molecule has 0 fully saturated rings. The van der Waals surface area contributed by atoms with Crippen molar-refractivity contribution in [3.8, 4) is 0 Å². The summed E-state index contributed by atoms with van der Waals surface area (Å²) in [5.41, 5.74) is 4.36. The van der Waals surface area contributed by atoms with Gasteiger partial charge in [-0.25, -0.2) is 0 Å². The number of likely N-dealkylation sites (N-methyl/N-ethyl adjacent to an activating group) is 1. The Balaban J connectivity index is 1.75. The first-order valence-corrected chi connectivity index (χ1v) is 11.1. The molecule has 0 bridgehead atoms. The Morgan fingerprint density at radius 2 is 1.44 bits per heavy atom. The van der Waals surface area contributed by atoms with Crippen molar-refractivity contribution in [3.63, 3.8) is 0 Å². The zero-order chi connectivity index (χ0) is 19.7. The van der Waals surface area contributed by atoms with Gasteiger partial charge in [0.15, 0.2) is 0 Å². The highest BCUT2D eigenvalue weighted by molar-refractivity contribution is 7.98. The van der Waals surface area contributed by atoms with E-state index in [1.165, 1.54) is 21.6 Å². The van der Waals surface area contributed by atoms with Crippen molar-refractivity contribution in [2.24, 2.45) is 0 Å². The van der Waals surface area contributed by atoms with Gasteiger partial charge in [0.25, 0.3) is 0 Å². The summed E-state index contributed by atoms with van der Waals surface area (Å²) in [6.07, 6.45) is 0. The molecule has 2 rings (SSSR count). The third-order valence-electron chi connectivity index (χ3n) is 4.98. The average molecular weight is 385 g/mol. The van der Waals surface area contributed by atoms with E-state index in [9.17, 15) is 0 Å². The number of nitrogens with zero attached hydrogens (tertiary/aromatic N) is 1.